The molecule has 2 aliphatic heterocycles. The third kappa shape index (κ3) is 5.94. The first-order valence-corrected chi connectivity index (χ1v) is 14.3. The third-order valence-corrected chi connectivity index (χ3v) is 7.61. The van der Waals surface area contributed by atoms with Crippen molar-refractivity contribution in [3.05, 3.63) is 77.4 Å². The number of rotatable bonds is 12. The highest BCUT2D eigenvalue weighted by Crippen LogP contribution is 2.42. The van der Waals surface area contributed by atoms with Crippen molar-refractivity contribution >= 4 is 17.4 Å². The van der Waals surface area contributed by atoms with Gasteiger partial charge in [-0.1, -0.05) is 37.7 Å². The van der Waals surface area contributed by atoms with Gasteiger partial charge >= 0.3 is 0 Å². The number of fused-ring (bicyclic) bond motifs is 1. The molecule has 9 heteroatoms. The molecule has 0 spiro atoms. The maximum atomic E-state index is 14.0. The van der Waals surface area contributed by atoms with E-state index < -0.39 is 23.5 Å². The van der Waals surface area contributed by atoms with Crippen molar-refractivity contribution in [3.8, 4) is 17.2 Å². The molecule has 9 nitrogen and oxygen atoms in total. The molecule has 1 fully saturated rings. The van der Waals surface area contributed by atoms with Gasteiger partial charge in [-0.05, 0) is 54.3 Å². The number of aromatic nitrogens is 2. The quantitative estimate of drug-likeness (QED) is 0.120. The first-order valence-electron chi connectivity index (χ1n) is 14.3. The summed E-state index contributed by atoms with van der Waals surface area (Å²) in [7, 11) is 1.55. The highest BCUT2D eigenvalue weighted by atomic mass is 16.5. The van der Waals surface area contributed by atoms with Crippen molar-refractivity contribution in [2.75, 3.05) is 20.3 Å². The van der Waals surface area contributed by atoms with E-state index in [0.717, 1.165) is 30.6 Å². The SMILES string of the molecule is CCCCCOc1ccc(C2/C(=C(\[O-])c3ccc4c(c3)CC(C)O4)C(=O)C(=O)N2CCC[n+]2cc[nH]c2)cc1OC. The Hall–Kier alpha value is -4.27. The Balaban J connectivity index is 1.51. The monoisotopic (exact) mass is 559 g/mol. The first kappa shape index (κ1) is 28.3. The maximum Gasteiger partial charge on any atom is 0.295 e. The van der Waals surface area contributed by atoms with Crippen LogP contribution in [0.15, 0.2) is 60.7 Å². The summed E-state index contributed by atoms with van der Waals surface area (Å²) in [6.45, 7) is 5.61. The molecule has 216 valence electrons. The van der Waals surface area contributed by atoms with Gasteiger partial charge in [0.2, 0.25) is 12.1 Å². The summed E-state index contributed by atoms with van der Waals surface area (Å²) < 4.78 is 19.3. The Morgan fingerprint density at radius 1 is 1.15 bits per heavy atom. The number of methoxy groups -OCH3 is 1. The van der Waals surface area contributed by atoms with E-state index in [1.54, 1.807) is 37.4 Å². The zero-order valence-corrected chi connectivity index (χ0v) is 23.9. The number of benzene rings is 2. The number of ketones is 1. The molecular formula is C32H37N3O6. The summed E-state index contributed by atoms with van der Waals surface area (Å²) >= 11 is 0. The van der Waals surface area contributed by atoms with Crippen LogP contribution in [-0.4, -0.2) is 47.9 Å². The maximum absolute atomic E-state index is 14.0. The molecule has 1 amide bonds. The van der Waals surface area contributed by atoms with Crippen LogP contribution in [0, 0.1) is 0 Å². The number of ether oxygens (including phenoxy) is 3. The second-order valence-electron chi connectivity index (χ2n) is 10.6. The Kier molecular flexibility index (Phi) is 8.61. The van der Waals surface area contributed by atoms with Crippen molar-refractivity contribution < 1.29 is 33.5 Å². The van der Waals surface area contributed by atoms with Crippen LogP contribution in [-0.2, 0) is 22.6 Å². The van der Waals surface area contributed by atoms with Crippen LogP contribution in [0.1, 0.15) is 62.3 Å². The van der Waals surface area contributed by atoms with Gasteiger partial charge in [-0.3, -0.25) is 14.6 Å². The van der Waals surface area contributed by atoms with Crippen molar-refractivity contribution in [3.63, 3.8) is 0 Å². The lowest BCUT2D eigenvalue weighted by molar-refractivity contribution is -0.695. The van der Waals surface area contributed by atoms with E-state index in [0.29, 0.717) is 55.2 Å². The standard InChI is InChI=1S/C32H37N3O6/c1-4-5-6-16-40-26-11-8-22(19-27(26)39-3)29-28(30(36)23-9-10-25-24(18-23)17-21(2)41-25)31(37)32(38)35(29)14-7-13-34-15-12-33-20-34/h8-12,15,18-21,29H,4-7,13-14,16-17H2,1-3H3,(H,36,37). The van der Waals surface area contributed by atoms with Crippen LogP contribution in [0.25, 0.3) is 5.76 Å². The molecule has 0 saturated carbocycles. The molecule has 0 bridgehead atoms. The number of amides is 1. The number of imidazole rings is 1. The predicted molar refractivity (Wildman–Crippen MR) is 150 cm³/mol. The van der Waals surface area contributed by atoms with E-state index in [9.17, 15) is 14.7 Å². The molecule has 3 aromatic rings. The molecule has 0 aliphatic carbocycles. The van der Waals surface area contributed by atoms with Gasteiger partial charge in [-0.2, -0.15) is 0 Å². The van der Waals surface area contributed by atoms with Crippen LogP contribution >= 0.6 is 0 Å². The molecule has 3 heterocycles. The second kappa shape index (κ2) is 12.5. The molecule has 0 radical (unpaired) electrons. The fourth-order valence-corrected chi connectivity index (χ4v) is 5.56. The van der Waals surface area contributed by atoms with Gasteiger partial charge < -0.3 is 24.2 Å². The number of H-pyrrole nitrogens is 1. The second-order valence-corrected chi connectivity index (χ2v) is 10.6. The lowest BCUT2D eigenvalue weighted by Crippen LogP contribution is -2.36. The summed E-state index contributed by atoms with van der Waals surface area (Å²) in [5.41, 5.74) is 1.87. The van der Waals surface area contributed by atoms with Gasteiger partial charge in [0.15, 0.2) is 11.5 Å². The van der Waals surface area contributed by atoms with Crippen LogP contribution < -0.4 is 23.9 Å². The zero-order chi connectivity index (χ0) is 28.9. The van der Waals surface area contributed by atoms with Crippen molar-refractivity contribution in [2.45, 2.75) is 64.6 Å². The fourth-order valence-electron chi connectivity index (χ4n) is 5.56. The van der Waals surface area contributed by atoms with Gasteiger partial charge in [0.05, 0.1) is 26.3 Å². The van der Waals surface area contributed by atoms with Crippen LogP contribution in [0.4, 0.5) is 0 Å². The van der Waals surface area contributed by atoms with Crippen LogP contribution in [0.5, 0.6) is 17.2 Å². The van der Waals surface area contributed by atoms with E-state index in [2.05, 4.69) is 11.9 Å². The van der Waals surface area contributed by atoms with Gasteiger partial charge in [0, 0.05) is 25.0 Å². The number of nitrogens with zero attached hydrogens (tertiary/aromatic N) is 2. The molecule has 2 aromatic carbocycles. The van der Waals surface area contributed by atoms with Crippen molar-refractivity contribution in [1.82, 2.24) is 9.88 Å². The van der Waals surface area contributed by atoms with E-state index in [1.165, 1.54) is 4.90 Å². The average molecular weight is 560 g/mol. The molecule has 2 aliphatic rings. The largest absolute Gasteiger partial charge is 0.872 e. The van der Waals surface area contributed by atoms with E-state index in [4.69, 9.17) is 14.2 Å². The number of likely N-dealkylation sites (tertiary alicyclic amines) is 1. The first-order chi connectivity index (χ1) is 19.9. The molecular weight excluding hydrogens is 522 g/mol. The number of carbonyl (C=O) groups excluding carboxylic acids is 2. The summed E-state index contributed by atoms with van der Waals surface area (Å²) in [6.07, 6.45) is 9.94. The molecule has 1 aromatic heterocycles. The average Bonchev–Trinajstić information content (AvgIpc) is 3.69. The topological polar surface area (TPSA) is 108 Å². The number of hydrogen-bond acceptors (Lipinski definition) is 6. The Bertz CT molecular complexity index is 1430. The number of unbranched alkanes of at least 4 members (excludes halogenated alkanes) is 2. The third-order valence-electron chi connectivity index (χ3n) is 7.61. The minimum absolute atomic E-state index is 0.0222. The Morgan fingerprint density at radius 2 is 2.00 bits per heavy atom. The van der Waals surface area contributed by atoms with E-state index >= 15 is 0 Å². The summed E-state index contributed by atoms with van der Waals surface area (Å²) in [6, 6.07) is 9.74. The van der Waals surface area contributed by atoms with Gasteiger partial charge in [0.1, 0.15) is 24.2 Å². The molecule has 5 rings (SSSR count). The summed E-state index contributed by atoms with van der Waals surface area (Å²) in [4.78, 5) is 31.4. The predicted octanol–water partition coefficient (Wildman–Crippen LogP) is 3.52. The smallest absolute Gasteiger partial charge is 0.295 e. The van der Waals surface area contributed by atoms with Crippen LogP contribution in [0.3, 0.4) is 0 Å². The molecule has 1 N–H and O–H groups in total. The minimum atomic E-state index is -0.842. The Morgan fingerprint density at radius 3 is 2.76 bits per heavy atom. The number of Topliss-reactive ketones (excluding diaryl/α,β-unsaturated/α-hetero) is 1. The van der Waals surface area contributed by atoms with Gasteiger partial charge in [-0.15, -0.1) is 0 Å². The van der Waals surface area contributed by atoms with E-state index in [1.807, 2.05) is 36.3 Å². The van der Waals surface area contributed by atoms with Crippen molar-refractivity contribution in [1.29, 1.82) is 0 Å². The number of nitrogens with one attached hydrogen (secondary N) is 1. The van der Waals surface area contributed by atoms with Gasteiger partial charge in [0.25, 0.3) is 5.91 Å². The normalized spacial score (nSPS) is 19.3. The molecule has 2 atom stereocenters. The van der Waals surface area contributed by atoms with Gasteiger partial charge in [-0.25, -0.2) is 4.57 Å². The molecule has 41 heavy (non-hydrogen) atoms. The molecule has 1 saturated heterocycles. The minimum Gasteiger partial charge on any atom is -0.872 e. The van der Waals surface area contributed by atoms with Crippen LogP contribution in [0.2, 0.25) is 0 Å². The van der Waals surface area contributed by atoms with E-state index in [-0.39, 0.29) is 11.7 Å². The summed E-state index contributed by atoms with van der Waals surface area (Å²) in [5.74, 6) is -0.0690. The fraction of sp³-hybridized carbons (Fsp3) is 0.406. The lowest BCUT2D eigenvalue weighted by atomic mass is 9.94. The molecule has 2 unspecified atom stereocenters. The van der Waals surface area contributed by atoms with Crippen molar-refractivity contribution in [2.24, 2.45) is 0 Å². The Labute approximate surface area is 240 Å². The number of carbonyl (C=O) groups is 2. The summed E-state index contributed by atoms with van der Waals surface area (Å²) in [5, 5.41) is 14.0. The highest BCUT2D eigenvalue weighted by Gasteiger charge is 2.44. The lowest BCUT2D eigenvalue weighted by Gasteiger charge is -2.28. The number of aromatic amines is 1. The number of aryl methyl sites for hydroxylation is 1. The zero-order valence-electron chi connectivity index (χ0n) is 23.9. The highest BCUT2D eigenvalue weighted by molar-refractivity contribution is 6.46. The number of hydrogen-bond donors (Lipinski definition) is 1.